The van der Waals surface area contributed by atoms with E-state index in [9.17, 15) is 0 Å². The van der Waals surface area contributed by atoms with Crippen LogP contribution in [-0.4, -0.2) is 20.1 Å². The normalized spacial score (nSPS) is 18.3. The van der Waals surface area contributed by atoms with Crippen LogP contribution in [-0.2, 0) is 0 Å². The van der Waals surface area contributed by atoms with Gasteiger partial charge in [0.15, 0.2) is 0 Å². The molecule has 3 heterocycles. The fourth-order valence-corrected chi connectivity index (χ4v) is 3.11. The third-order valence-corrected chi connectivity index (χ3v) is 4.08. The summed E-state index contributed by atoms with van der Waals surface area (Å²) in [5, 5.41) is 5.13. The molecule has 1 aliphatic rings. The molecule has 0 saturated heterocycles. The van der Waals surface area contributed by atoms with Crippen LogP contribution in [0.3, 0.4) is 0 Å². The Morgan fingerprint density at radius 2 is 2.15 bits per heavy atom. The first kappa shape index (κ1) is 11.6. The number of aromatic nitrogens is 4. The van der Waals surface area contributed by atoms with E-state index >= 15 is 0 Å². The Kier molecular flexibility index (Phi) is 2.28. The molecule has 0 bridgehead atoms. The lowest BCUT2D eigenvalue weighted by atomic mass is 9.64. The highest BCUT2D eigenvalue weighted by Gasteiger charge is 2.40. The van der Waals surface area contributed by atoms with Crippen LogP contribution in [0.2, 0.25) is 0 Å². The Bertz CT molecular complexity index is 763. The zero-order valence-corrected chi connectivity index (χ0v) is 11.6. The topological polar surface area (TPSA) is 67.6 Å². The number of nitrogens with zero attached hydrogens (tertiary/aromatic N) is 3. The van der Waals surface area contributed by atoms with E-state index in [1.54, 1.807) is 6.20 Å². The van der Waals surface area contributed by atoms with Crippen molar-refractivity contribution >= 4 is 10.9 Å². The lowest BCUT2D eigenvalue weighted by Crippen LogP contribution is -2.29. The highest BCUT2D eigenvalue weighted by atomic mass is 16.5. The van der Waals surface area contributed by atoms with Crippen LogP contribution in [0.4, 0.5) is 0 Å². The van der Waals surface area contributed by atoms with E-state index < -0.39 is 0 Å². The Labute approximate surface area is 116 Å². The minimum atomic E-state index is 0.400. The summed E-state index contributed by atoms with van der Waals surface area (Å²) < 4.78 is 5.43. The molecule has 1 saturated carbocycles. The molecule has 20 heavy (non-hydrogen) atoms. The first-order chi connectivity index (χ1) is 9.62. The van der Waals surface area contributed by atoms with Gasteiger partial charge in [-0.05, 0) is 30.4 Å². The van der Waals surface area contributed by atoms with Gasteiger partial charge >= 0.3 is 0 Å². The van der Waals surface area contributed by atoms with Gasteiger partial charge in [-0.1, -0.05) is 19.0 Å². The van der Waals surface area contributed by atoms with Crippen molar-refractivity contribution in [3.8, 4) is 11.5 Å². The molecule has 0 atom stereocenters. The monoisotopic (exact) mass is 268 g/mol. The molecule has 1 fully saturated rings. The molecule has 0 radical (unpaired) electrons. The van der Waals surface area contributed by atoms with Gasteiger partial charge in [-0.15, -0.1) is 0 Å². The van der Waals surface area contributed by atoms with Gasteiger partial charge in [0.2, 0.25) is 11.7 Å². The zero-order chi connectivity index (χ0) is 13.7. The Hall–Kier alpha value is -2.17. The summed E-state index contributed by atoms with van der Waals surface area (Å²) in [6.07, 6.45) is 5.87. The molecule has 1 aliphatic carbocycles. The molecule has 0 spiro atoms. The summed E-state index contributed by atoms with van der Waals surface area (Å²) in [7, 11) is 0. The van der Waals surface area contributed by atoms with Crippen LogP contribution in [0, 0.1) is 5.41 Å². The van der Waals surface area contributed by atoms with Gasteiger partial charge in [0.05, 0.1) is 0 Å². The molecule has 5 heteroatoms. The number of hydrogen-bond donors (Lipinski definition) is 1. The number of fused-ring (bicyclic) bond motifs is 1. The minimum Gasteiger partial charge on any atom is -0.361 e. The van der Waals surface area contributed by atoms with Crippen molar-refractivity contribution < 1.29 is 4.52 Å². The second-order valence-corrected chi connectivity index (χ2v) is 6.32. The maximum Gasteiger partial charge on any atom is 0.230 e. The smallest absolute Gasteiger partial charge is 0.230 e. The molecule has 0 unspecified atom stereocenters. The summed E-state index contributed by atoms with van der Waals surface area (Å²) in [5.74, 6) is 1.72. The predicted molar refractivity (Wildman–Crippen MR) is 75.1 cm³/mol. The lowest BCUT2D eigenvalue weighted by molar-refractivity contribution is 0.124. The average Bonchev–Trinajstić information content (AvgIpc) is 3.04. The minimum absolute atomic E-state index is 0.400. The van der Waals surface area contributed by atoms with Crippen molar-refractivity contribution in [2.45, 2.75) is 32.6 Å². The first-order valence-electron chi connectivity index (χ1n) is 6.88. The molecular weight excluding hydrogens is 252 g/mol. The van der Waals surface area contributed by atoms with Crippen LogP contribution < -0.4 is 0 Å². The van der Waals surface area contributed by atoms with E-state index in [1.165, 1.54) is 0 Å². The van der Waals surface area contributed by atoms with Crippen molar-refractivity contribution in [2.75, 3.05) is 0 Å². The van der Waals surface area contributed by atoms with Crippen LogP contribution in [0.15, 0.2) is 29.0 Å². The number of H-pyrrole nitrogens is 1. The molecule has 5 nitrogen and oxygen atoms in total. The molecule has 0 amide bonds. The quantitative estimate of drug-likeness (QED) is 0.772. The van der Waals surface area contributed by atoms with Gasteiger partial charge in [-0.25, -0.2) is 0 Å². The Morgan fingerprint density at radius 1 is 1.30 bits per heavy atom. The van der Waals surface area contributed by atoms with Crippen molar-refractivity contribution in [3.63, 3.8) is 0 Å². The molecular formula is C15H16N4O. The summed E-state index contributed by atoms with van der Waals surface area (Å²) in [6, 6.07) is 3.93. The van der Waals surface area contributed by atoms with E-state index in [0.717, 1.165) is 35.3 Å². The van der Waals surface area contributed by atoms with Gasteiger partial charge in [-0.2, -0.15) is 4.98 Å². The van der Waals surface area contributed by atoms with Crippen LogP contribution in [0.25, 0.3) is 22.4 Å². The highest BCUT2D eigenvalue weighted by molar-refractivity contribution is 5.90. The molecule has 3 aromatic rings. The van der Waals surface area contributed by atoms with Crippen LogP contribution in [0.1, 0.15) is 38.5 Å². The number of nitrogens with one attached hydrogen (secondary N) is 1. The van der Waals surface area contributed by atoms with Crippen molar-refractivity contribution in [3.05, 3.63) is 30.4 Å². The van der Waals surface area contributed by atoms with Crippen LogP contribution in [0.5, 0.6) is 0 Å². The van der Waals surface area contributed by atoms with E-state index in [4.69, 9.17) is 4.52 Å². The predicted octanol–water partition coefficient (Wildman–Crippen LogP) is 3.52. The third-order valence-electron chi connectivity index (χ3n) is 4.08. The number of pyridine rings is 1. The van der Waals surface area contributed by atoms with Gasteiger partial charge in [0.1, 0.15) is 5.69 Å². The summed E-state index contributed by atoms with van der Waals surface area (Å²) in [6.45, 7) is 4.53. The van der Waals surface area contributed by atoms with E-state index in [0.29, 0.717) is 17.2 Å². The van der Waals surface area contributed by atoms with Crippen molar-refractivity contribution in [1.82, 2.24) is 20.1 Å². The van der Waals surface area contributed by atoms with E-state index in [1.807, 2.05) is 18.3 Å². The maximum atomic E-state index is 5.43. The van der Waals surface area contributed by atoms with Crippen molar-refractivity contribution in [1.29, 1.82) is 0 Å². The molecule has 4 rings (SSSR count). The standard InChI is InChI=1S/C15H16N4O/c1-15(2)7-9(8-15)14-18-13(19-20-14)12-10-3-5-16-11(10)4-6-17-12/h3-6,9,16H,7-8H2,1-2H3. The number of aromatic amines is 1. The van der Waals surface area contributed by atoms with Gasteiger partial charge in [-0.3, -0.25) is 4.98 Å². The summed E-state index contributed by atoms with van der Waals surface area (Å²) in [5.41, 5.74) is 2.21. The molecule has 3 aromatic heterocycles. The Balaban J connectivity index is 1.70. The van der Waals surface area contributed by atoms with Crippen LogP contribution >= 0.6 is 0 Å². The van der Waals surface area contributed by atoms with E-state index in [-0.39, 0.29) is 0 Å². The third kappa shape index (κ3) is 1.73. The van der Waals surface area contributed by atoms with Gasteiger partial charge < -0.3 is 9.51 Å². The SMILES string of the molecule is CC1(C)CC(c2nc(-c3nccc4[nH]ccc34)no2)C1. The lowest BCUT2D eigenvalue weighted by Gasteiger charge is -2.40. The summed E-state index contributed by atoms with van der Waals surface area (Å²) >= 11 is 0. The second kappa shape index (κ2) is 3.91. The summed E-state index contributed by atoms with van der Waals surface area (Å²) in [4.78, 5) is 12.1. The van der Waals surface area contributed by atoms with Crippen molar-refractivity contribution in [2.24, 2.45) is 5.41 Å². The highest BCUT2D eigenvalue weighted by Crippen LogP contribution is 2.50. The second-order valence-electron chi connectivity index (χ2n) is 6.32. The molecule has 102 valence electrons. The number of rotatable bonds is 2. The molecule has 0 aromatic carbocycles. The largest absolute Gasteiger partial charge is 0.361 e. The number of hydrogen-bond acceptors (Lipinski definition) is 4. The Morgan fingerprint density at radius 3 is 2.95 bits per heavy atom. The maximum absolute atomic E-state index is 5.43. The fourth-order valence-electron chi connectivity index (χ4n) is 3.11. The van der Waals surface area contributed by atoms with Gasteiger partial charge in [0.25, 0.3) is 0 Å². The molecule has 1 N–H and O–H groups in total. The first-order valence-corrected chi connectivity index (χ1v) is 6.88. The zero-order valence-electron chi connectivity index (χ0n) is 11.6. The van der Waals surface area contributed by atoms with E-state index in [2.05, 4.69) is 34.0 Å². The van der Waals surface area contributed by atoms with Gasteiger partial charge in [0, 0.05) is 29.2 Å². The molecule has 0 aliphatic heterocycles. The fraction of sp³-hybridized carbons (Fsp3) is 0.400. The average molecular weight is 268 g/mol.